The van der Waals surface area contributed by atoms with Crippen LogP contribution in [0.2, 0.25) is 0 Å². The molecule has 0 saturated heterocycles. The minimum atomic E-state index is -1.13. The Morgan fingerprint density at radius 2 is 1.95 bits per heavy atom. The van der Waals surface area contributed by atoms with Crippen molar-refractivity contribution >= 4 is 5.97 Å². The lowest BCUT2D eigenvalue weighted by Crippen LogP contribution is -2.02. The molecule has 0 atom stereocenters. The first-order chi connectivity index (χ1) is 8.97. The summed E-state index contributed by atoms with van der Waals surface area (Å²) in [6.45, 7) is 5.91. The molecule has 0 aliphatic rings. The number of hydrogen-bond donors (Lipinski definition) is 1. The predicted molar refractivity (Wildman–Crippen MR) is 69.7 cm³/mol. The van der Waals surface area contributed by atoms with Crippen molar-refractivity contribution in [3.63, 3.8) is 0 Å². The number of aryl methyl sites for hydroxylation is 2. The molecule has 2 rings (SSSR count). The van der Waals surface area contributed by atoms with Crippen LogP contribution >= 0.6 is 0 Å². The number of ether oxygens (including phenoxy) is 1. The average molecular weight is 258 g/mol. The Bertz CT molecular complexity index is 639. The Kier molecular flexibility index (Phi) is 3.46. The highest BCUT2D eigenvalue weighted by atomic mass is 16.5. The van der Waals surface area contributed by atoms with Crippen molar-refractivity contribution in [1.29, 1.82) is 0 Å². The van der Waals surface area contributed by atoms with Gasteiger partial charge in [-0.05, 0) is 43.5 Å². The first-order valence-electron chi connectivity index (χ1n) is 5.78. The summed E-state index contributed by atoms with van der Waals surface area (Å²) < 4.78 is 5.62. The summed E-state index contributed by atoms with van der Waals surface area (Å²) in [5.74, 6) is -0.294. The number of nitrogens with zero attached hydrogens (tertiary/aromatic N) is 2. The predicted octanol–water partition coefficient (Wildman–Crippen LogP) is 2.89. The zero-order valence-electron chi connectivity index (χ0n) is 11.0. The highest BCUT2D eigenvalue weighted by molar-refractivity contribution is 5.84. The highest BCUT2D eigenvalue weighted by Crippen LogP contribution is 2.27. The van der Waals surface area contributed by atoms with Gasteiger partial charge in [0.2, 0.25) is 5.88 Å². The molecular formula is C14H14N2O3. The number of carboxylic acid groups (broad SMARTS) is 1. The summed E-state index contributed by atoms with van der Waals surface area (Å²) >= 11 is 0. The Hall–Kier alpha value is -2.43. The molecule has 0 fully saturated rings. The minimum absolute atomic E-state index is 0.139. The van der Waals surface area contributed by atoms with E-state index in [2.05, 4.69) is 16.0 Å². The van der Waals surface area contributed by atoms with E-state index in [1.54, 1.807) is 0 Å². The average Bonchev–Trinajstić information content (AvgIpc) is 2.35. The quantitative estimate of drug-likeness (QED) is 0.916. The number of aromatic carboxylic acids is 1. The van der Waals surface area contributed by atoms with Gasteiger partial charge in [0.15, 0.2) is 5.69 Å². The van der Waals surface area contributed by atoms with Crippen molar-refractivity contribution in [2.75, 3.05) is 0 Å². The van der Waals surface area contributed by atoms with Gasteiger partial charge in [-0.2, -0.15) is 0 Å². The number of carbonyl (C=O) groups is 1. The number of carboxylic acids is 1. The summed E-state index contributed by atoms with van der Waals surface area (Å²) in [6.07, 6.45) is 2.58. The van der Waals surface area contributed by atoms with Crippen LogP contribution in [-0.2, 0) is 0 Å². The number of hydrogen-bond acceptors (Lipinski definition) is 4. The maximum atomic E-state index is 10.8. The van der Waals surface area contributed by atoms with Crippen LogP contribution in [0.25, 0.3) is 0 Å². The Morgan fingerprint density at radius 1 is 1.21 bits per heavy atom. The molecule has 0 spiro atoms. The van der Waals surface area contributed by atoms with E-state index in [9.17, 15) is 4.79 Å². The van der Waals surface area contributed by atoms with E-state index >= 15 is 0 Å². The maximum Gasteiger partial charge on any atom is 0.356 e. The van der Waals surface area contributed by atoms with Crippen LogP contribution in [0.4, 0.5) is 0 Å². The molecule has 1 aromatic carbocycles. The minimum Gasteiger partial charge on any atom is -0.476 e. The topological polar surface area (TPSA) is 72.3 Å². The third-order valence-electron chi connectivity index (χ3n) is 2.81. The molecule has 0 radical (unpaired) electrons. The van der Waals surface area contributed by atoms with Crippen molar-refractivity contribution in [2.24, 2.45) is 0 Å². The van der Waals surface area contributed by atoms with E-state index in [1.807, 2.05) is 26.8 Å². The molecule has 98 valence electrons. The summed E-state index contributed by atoms with van der Waals surface area (Å²) in [6, 6.07) is 3.94. The monoisotopic (exact) mass is 258 g/mol. The zero-order chi connectivity index (χ0) is 14.0. The van der Waals surface area contributed by atoms with Gasteiger partial charge in [-0.15, -0.1) is 0 Å². The lowest BCUT2D eigenvalue weighted by Gasteiger charge is -2.11. The van der Waals surface area contributed by atoms with Crippen LogP contribution < -0.4 is 4.74 Å². The molecule has 0 saturated carbocycles. The molecule has 1 N–H and O–H groups in total. The lowest BCUT2D eigenvalue weighted by molar-refractivity contribution is 0.0689. The van der Waals surface area contributed by atoms with E-state index in [0.717, 1.165) is 16.7 Å². The van der Waals surface area contributed by atoms with Gasteiger partial charge in [-0.1, -0.05) is 6.07 Å². The van der Waals surface area contributed by atoms with Crippen LogP contribution in [0.3, 0.4) is 0 Å². The Labute approximate surface area is 110 Å². The van der Waals surface area contributed by atoms with Crippen molar-refractivity contribution < 1.29 is 14.6 Å². The summed E-state index contributed by atoms with van der Waals surface area (Å²) in [4.78, 5) is 18.5. The van der Waals surface area contributed by atoms with Gasteiger partial charge in [0.25, 0.3) is 0 Å². The third kappa shape index (κ3) is 2.88. The molecule has 5 nitrogen and oxygen atoms in total. The van der Waals surface area contributed by atoms with Gasteiger partial charge in [-0.3, -0.25) is 4.98 Å². The normalized spacial score (nSPS) is 10.3. The second-order valence-electron chi connectivity index (χ2n) is 4.35. The van der Waals surface area contributed by atoms with E-state index in [0.29, 0.717) is 5.75 Å². The fraction of sp³-hybridized carbons (Fsp3) is 0.214. The number of benzene rings is 1. The maximum absolute atomic E-state index is 10.8. The van der Waals surface area contributed by atoms with Crippen LogP contribution in [0.1, 0.15) is 27.2 Å². The molecule has 5 heteroatoms. The van der Waals surface area contributed by atoms with Crippen molar-refractivity contribution in [2.45, 2.75) is 20.8 Å². The smallest absolute Gasteiger partial charge is 0.356 e. The van der Waals surface area contributed by atoms with Crippen molar-refractivity contribution in [3.05, 3.63) is 46.9 Å². The van der Waals surface area contributed by atoms with Crippen LogP contribution in [0.15, 0.2) is 24.5 Å². The van der Waals surface area contributed by atoms with Gasteiger partial charge < -0.3 is 9.84 Å². The molecule has 0 aliphatic heterocycles. The van der Waals surface area contributed by atoms with Gasteiger partial charge in [-0.25, -0.2) is 9.78 Å². The number of rotatable bonds is 3. The molecule has 0 unspecified atom stereocenters. The molecule has 1 aromatic heterocycles. The van der Waals surface area contributed by atoms with Crippen molar-refractivity contribution in [1.82, 2.24) is 9.97 Å². The molecule has 2 aromatic rings. The Balaban J connectivity index is 2.36. The lowest BCUT2D eigenvalue weighted by atomic mass is 10.1. The van der Waals surface area contributed by atoms with Crippen LogP contribution in [-0.4, -0.2) is 21.0 Å². The third-order valence-corrected chi connectivity index (χ3v) is 2.81. The largest absolute Gasteiger partial charge is 0.476 e. The second kappa shape index (κ2) is 5.06. The van der Waals surface area contributed by atoms with Crippen molar-refractivity contribution in [3.8, 4) is 11.6 Å². The van der Waals surface area contributed by atoms with Crippen LogP contribution in [0, 0.1) is 20.8 Å². The molecule has 0 bridgehead atoms. The van der Waals surface area contributed by atoms with E-state index in [1.165, 1.54) is 12.4 Å². The molecule has 0 amide bonds. The molecular weight excluding hydrogens is 244 g/mol. The first-order valence-corrected chi connectivity index (χ1v) is 5.78. The zero-order valence-corrected chi connectivity index (χ0v) is 11.0. The van der Waals surface area contributed by atoms with E-state index < -0.39 is 5.97 Å². The fourth-order valence-electron chi connectivity index (χ4n) is 1.72. The Morgan fingerprint density at radius 3 is 2.63 bits per heavy atom. The molecule has 19 heavy (non-hydrogen) atoms. The summed E-state index contributed by atoms with van der Waals surface area (Å²) in [7, 11) is 0. The molecule has 0 aliphatic carbocycles. The van der Waals surface area contributed by atoms with E-state index in [-0.39, 0.29) is 11.6 Å². The van der Waals surface area contributed by atoms with Gasteiger partial charge >= 0.3 is 5.97 Å². The van der Waals surface area contributed by atoms with Gasteiger partial charge in [0.05, 0.1) is 12.4 Å². The standard InChI is InChI=1S/C14H14N2O3/c1-8-4-9(2)10(3)12(5-8)19-13-7-15-6-11(16-13)14(17)18/h4-7H,1-3H3,(H,17,18). The summed E-state index contributed by atoms with van der Waals surface area (Å²) in [5, 5.41) is 8.86. The summed E-state index contributed by atoms with van der Waals surface area (Å²) in [5.41, 5.74) is 3.03. The van der Waals surface area contributed by atoms with Gasteiger partial charge in [0, 0.05) is 0 Å². The molecule has 1 heterocycles. The number of aromatic nitrogens is 2. The van der Waals surface area contributed by atoms with Crippen LogP contribution in [0.5, 0.6) is 11.6 Å². The SMILES string of the molecule is Cc1cc(C)c(C)c(Oc2cncc(C(=O)O)n2)c1. The highest BCUT2D eigenvalue weighted by Gasteiger charge is 2.10. The second-order valence-corrected chi connectivity index (χ2v) is 4.35. The van der Waals surface area contributed by atoms with Gasteiger partial charge in [0.1, 0.15) is 5.75 Å². The van der Waals surface area contributed by atoms with E-state index in [4.69, 9.17) is 9.84 Å². The first kappa shape index (κ1) is 13.0. The fourth-order valence-corrected chi connectivity index (χ4v) is 1.72.